The van der Waals surface area contributed by atoms with Crippen LogP contribution in [0, 0.1) is 11.8 Å². The van der Waals surface area contributed by atoms with Gasteiger partial charge in [0.2, 0.25) is 0 Å². The van der Waals surface area contributed by atoms with Gasteiger partial charge in [0.05, 0.1) is 0 Å². The Balaban J connectivity index is 1.76. The van der Waals surface area contributed by atoms with Crippen LogP contribution in [0.3, 0.4) is 0 Å². The monoisotopic (exact) mass is 274 g/mol. The molecule has 1 aromatic carbocycles. The summed E-state index contributed by atoms with van der Waals surface area (Å²) in [6.07, 6.45) is 4.05. The lowest BCUT2D eigenvalue weighted by Gasteiger charge is -2.29. The predicted octanol–water partition coefficient (Wildman–Crippen LogP) is 2.23. The Morgan fingerprint density at radius 3 is 2.84 bits per heavy atom. The number of piperidine rings is 1. The summed E-state index contributed by atoms with van der Waals surface area (Å²) in [5.41, 5.74) is 4.49. The van der Waals surface area contributed by atoms with Crippen LogP contribution in [-0.2, 0) is 4.84 Å². The summed E-state index contributed by atoms with van der Waals surface area (Å²) in [6.45, 7) is 1.96. The molecule has 2 aliphatic heterocycles. The topological polar surface area (TPSA) is 33.3 Å². The Bertz CT molecular complexity index is 565. The Morgan fingerprint density at radius 1 is 1.21 bits per heavy atom. The SMILES string of the molecule is Clc1cccc(C#CC2=CC3(CCNCC3)ON2)c1. The molecule has 0 atom stereocenters. The summed E-state index contributed by atoms with van der Waals surface area (Å²) in [4.78, 5) is 5.70. The molecule has 2 N–H and O–H groups in total. The molecule has 1 saturated heterocycles. The van der Waals surface area contributed by atoms with Gasteiger partial charge in [0, 0.05) is 10.6 Å². The van der Waals surface area contributed by atoms with Crippen molar-refractivity contribution >= 4 is 11.6 Å². The van der Waals surface area contributed by atoms with Crippen LogP contribution < -0.4 is 10.8 Å². The first-order valence-electron chi connectivity index (χ1n) is 6.41. The van der Waals surface area contributed by atoms with Crippen molar-refractivity contribution in [2.45, 2.75) is 18.4 Å². The molecule has 1 aromatic rings. The van der Waals surface area contributed by atoms with Gasteiger partial charge >= 0.3 is 0 Å². The van der Waals surface area contributed by atoms with Crippen LogP contribution in [0.4, 0.5) is 0 Å². The van der Waals surface area contributed by atoms with E-state index in [-0.39, 0.29) is 5.60 Å². The van der Waals surface area contributed by atoms with E-state index in [4.69, 9.17) is 16.4 Å². The fourth-order valence-corrected chi connectivity index (χ4v) is 2.53. The zero-order chi connectivity index (χ0) is 13.1. The Kier molecular flexibility index (Phi) is 3.48. The van der Waals surface area contributed by atoms with Crippen LogP contribution in [-0.4, -0.2) is 18.7 Å². The highest BCUT2D eigenvalue weighted by molar-refractivity contribution is 6.30. The normalized spacial score (nSPS) is 20.4. The second kappa shape index (κ2) is 5.26. The van der Waals surface area contributed by atoms with E-state index in [1.807, 2.05) is 24.3 Å². The Hall–Kier alpha value is -1.47. The van der Waals surface area contributed by atoms with Gasteiger partial charge in [-0.25, -0.2) is 0 Å². The molecule has 1 spiro atoms. The summed E-state index contributed by atoms with van der Waals surface area (Å²) < 4.78 is 0. The maximum atomic E-state index is 5.93. The molecule has 3 nitrogen and oxygen atoms in total. The molecule has 1 fully saturated rings. The standard InChI is InChI=1S/C15H15ClN2O/c16-13-3-1-2-12(10-13)4-5-14-11-15(19-18-14)6-8-17-9-7-15/h1-3,10-11,17-18H,6-9H2. The zero-order valence-corrected chi connectivity index (χ0v) is 11.3. The van der Waals surface area contributed by atoms with Gasteiger partial charge in [0.1, 0.15) is 11.3 Å². The minimum absolute atomic E-state index is 0.177. The van der Waals surface area contributed by atoms with Crippen LogP contribution in [0.1, 0.15) is 18.4 Å². The van der Waals surface area contributed by atoms with Gasteiger partial charge < -0.3 is 5.32 Å². The maximum Gasteiger partial charge on any atom is 0.119 e. The molecule has 2 aliphatic rings. The first-order valence-corrected chi connectivity index (χ1v) is 6.79. The Morgan fingerprint density at radius 2 is 2.05 bits per heavy atom. The zero-order valence-electron chi connectivity index (χ0n) is 10.5. The van der Waals surface area contributed by atoms with E-state index in [0.29, 0.717) is 5.02 Å². The predicted molar refractivity (Wildman–Crippen MR) is 75.5 cm³/mol. The molecule has 0 aliphatic carbocycles. The highest BCUT2D eigenvalue weighted by Gasteiger charge is 2.35. The number of allylic oxidation sites excluding steroid dienone is 1. The van der Waals surface area contributed by atoms with Crippen molar-refractivity contribution in [3.05, 3.63) is 46.6 Å². The molecule has 0 saturated carbocycles. The minimum Gasteiger partial charge on any atom is -0.316 e. The molecule has 4 heteroatoms. The van der Waals surface area contributed by atoms with E-state index in [1.54, 1.807) is 0 Å². The maximum absolute atomic E-state index is 5.93. The lowest BCUT2D eigenvalue weighted by molar-refractivity contribution is -0.0556. The lowest BCUT2D eigenvalue weighted by atomic mass is 9.92. The summed E-state index contributed by atoms with van der Waals surface area (Å²) in [6, 6.07) is 7.53. The van der Waals surface area contributed by atoms with Crippen LogP contribution >= 0.6 is 11.6 Å². The first kappa shape index (κ1) is 12.6. The number of rotatable bonds is 0. The number of hydrogen-bond acceptors (Lipinski definition) is 3. The van der Waals surface area contributed by atoms with E-state index >= 15 is 0 Å². The third-order valence-electron chi connectivity index (χ3n) is 3.39. The van der Waals surface area contributed by atoms with Crippen molar-refractivity contribution in [1.82, 2.24) is 10.8 Å². The number of hydroxylamine groups is 1. The minimum atomic E-state index is -0.177. The fraction of sp³-hybridized carbons (Fsp3) is 0.333. The van der Waals surface area contributed by atoms with Crippen LogP contribution in [0.25, 0.3) is 0 Å². The molecule has 19 heavy (non-hydrogen) atoms. The van der Waals surface area contributed by atoms with E-state index < -0.39 is 0 Å². The molecular formula is C15H15ClN2O. The Labute approximate surface area is 117 Å². The molecule has 0 aromatic heterocycles. The third kappa shape index (κ3) is 2.93. The smallest absolute Gasteiger partial charge is 0.119 e. The molecule has 2 heterocycles. The average molecular weight is 275 g/mol. The van der Waals surface area contributed by atoms with Crippen molar-refractivity contribution in [3.8, 4) is 11.8 Å². The van der Waals surface area contributed by atoms with E-state index in [0.717, 1.165) is 37.2 Å². The molecule has 0 unspecified atom stereocenters. The van der Waals surface area contributed by atoms with Gasteiger partial charge in [-0.05, 0) is 56.1 Å². The van der Waals surface area contributed by atoms with Gasteiger partial charge in [-0.3, -0.25) is 10.3 Å². The van der Waals surface area contributed by atoms with Gasteiger partial charge in [0.15, 0.2) is 0 Å². The van der Waals surface area contributed by atoms with Gasteiger partial charge in [-0.1, -0.05) is 23.6 Å². The average Bonchev–Trinajstić information content (AvgIpc) is 2.80. The number of halogens is 1. The van der Waals surface area contributed by atoms with Crippen molar-refractivity contribution in [1.29, 1.82) is 0 Å². The number of nitrogens with one attached hydrogen (secondary N) is 2. The quantitative estimate of drug-likeness (QED) is 0.712. The number of benzene rings is 1. The van der Waals surface area contributed by atoms with E-state index in [2.05, 4.69) is 28.7 Å². The second-order valence-corrected chi connectivity index (χ2v) is 5.27. The second-order valence-electron chi connectivity index (χ2n) is 4.84. The van der Waals surface area contributed by atoms with Crippen molar-refractivity contribution < 1.29 is 4.84 Å². The molecule has 98 valence electrons. The largest absolute Gasteiger partial charge is 0.316 e. The summed E-state index contributed by atoms with van der Waals surface area (Å²) in [7, 11) is 0. The molecular weight excluding hydrogens is 260 g/mol. The van der Waals surface area contributed by atoms with Crippen molar-refractivity contribution in [2.24, 2.45) is 0 Å². The lowest BCUT2D eigenvalue weighted by Crippen LogP contribution is -2.41. The van der Waals surface area contributed by atoms with E-state index in [9.17, 15) is 0 Å². The van der Waals surface area contributed by atoms with Crippen LogP contribution in [0.5, 0.6) is 0 Å². The molecule has 0 radical (unpaired) electrons. The summed E-state index contributed by atoms with van der Waals surface area (Å²) in [5.74, 6) is 6.18. The first-order chi connectivity index (χ1) is 9.26. The molecule has 3 rings (SSSR count). The van der Waals surface area contributed by atoms with Crippen molar-refractivity contribution in [3.63, 3.8) is 0 Å². The molecule has 0 amide bonds. The third-order valence-corrected chi connectivity index (χ3v) is 3.62. The van der Waals surface area contributed by atoms with Gasteiger partial charge in [-0.15, -0.1) is 0 Å². The fourth-order valence-electron chi connectivity index (χ4n) is 2.34. The number of hydrogen-bond donors (Lipinski definition) is 2. The van der Waals surface area contributed by atoms with Crippen LogP contribution in [0.15, 0.2) is 36.0 Å². The van der Waals surface area contributed by atoms with Gasteiger partial charge in [-0.2, -0.15) is 0 Å². The molecule has 0 bridgehead atoms. The van der Waals surface area contributed by atoms with Crippen LogP contribution in [0.2, 0.25) is 5.02 Å². The highest BCUT2D eigenvalue weighted by Crippen LogP contribution is 2.28. The summed E-state index contributed by atoms with van der Waals surface area (Å²) >= 11 is 5.93. The van der Waals surface area contributed by atoms with E-state index in [1.165, 1.54) is 0 Å². The highest BCUT2D eigenvalue weighted by atomic mass is 35.5. The summed E-state index contributed by atoms with van der Waals surface area (Å²) in [5, 5.41) is 4.03. The van der Waals surface area contributed by atoms with Gasteiger partial charge in [0.25, 0.3) is 0 Å². The van der Waals surface area contributed by atoms with Crippen molar-refractivity contribution in [2.75, 3.05) is 13.1 Å².